The molecule has 2 heterocycles. The molecule has 0 bridgehead atoms. The number of carboxylic acid groups (broad SMARTS) is 1. The van der Waals surface area contributed by atoms with Gasteiger partial charge < -0.3 is 20.1 Å². The van der Waals surface area contributed by atoms with Gasteiger partial charge in [-0.25, -0.2) is 4.79 Å². The van der Waals surface area contributed by atoms with Crippen molar-refractivity contribution in [2.75, 3.05) is 32.8 Å². The molecule has 2 amide bonds. The predicted molar refractivity (Wildman–Crippen MR) is 76.9 cm³/mol. The van der Waals surface area contributed by atoms with Gasteiger partial charge in [-0.15, -0.1) is 0 Å². The average Bonchev–Trinajstić information content (AvgIpc) is 2.78. The minimum absolute atomic E-state index is 0.101. The quantitative estimate of drug-likeness (QED) is 0.739. The molecular weight excluding hydrogens is 274 g/mol. The Morgan fingerprint density at radius 1 is 1.29 bits per heavy atom. The second-order valence-corrected chi connectivity index (χ2v) is 7.00. The first-order valence-corrected chi connectivity index (χ1v) is 7.32. The first kappa shape index (κ1) is 16.0. The molecule has 7 heteroatoms. The van der Waals surface area contributed by atoms with Crippen LogP contribution in [-0.2, 0) is 9.53 Å². The van der Waals surface area contributed by atoms with E-state index in [9.17, 15) is 14.7 Å². The molecule has 2 N–H and O–H groups in total. The molecular formula is C14H25N3O4. The second-order valence-electron chi connectivity index (χ2n) is 7.00. The highest BCUT2D eigenvalue weighted by Gasteiger charge is 2.56. The summed E-state index contributed by atoms with van der Waals surface area (Å²) in [6, 6.07) is 0. The third-order valence-electron chi connectivity index (χ3n) is 4.10. The van der Waals surface area contributed by atoms with Crippen molar-refractivity contribution < 1.29 is 19.4 Å². The van der Waals surface area contributed by atoms with Crippen LogP contribution in [0.1, 0.15) is 27.7 Å². The van der Waals surface area contributed by atoms with Crippen molar-refractivity contribution >= 4 is 12.0 Å². The lowest BCUT2D eigenvalue weighted by atomic mass is 9.91. The average molecular weight is 299 g/mol. The zero-order chi connectivity index (χ0) is 15.8. The van der Waals surface area contributed by atoms with Gasteiger partial charge in [-0.2, -0.15) is 0 Å². The van der Waals surface area contributed by atoms with Gasteiger partial charge in [-0.1, -0.05) is 20.8 Å². The highest BCUT2D eigenvalue weighted by atomic mass is 16.5. The van der Waals surface area contributed by atoms with Crippen LogP contribution in [0.3, 0.4) is 0 Å². The van der Waals surface area contributed by atoms with Gasteiger partial charge in [0.15, 0.2) is 0 Å². The summed E-state index contributed by atoms with van der Waals surface area (Å²) < 4.78 is 5.70. The maximum atomic E-state index is 12.8. The van der Waals surface area contributed by atoms with E-state index in [-0.39, 0.29) is 17.9 Å². The molecule has 2 rings (SSSR count). The highest BCUT2D eigenvalue weighted by molar-refractivity contribution is 5.90. The van der Waals surface area contributed by atoms with Gasteiger partial charge in [0.25, 0.3) is 5.91 Å². The summed E-state index contributed by atoms with van der Waals surface area (Å²) in [5.41, 5.74) is -1.54. The number of carbonyl (C=O) groups is 2. The number of rotatable bonds is 1. The SMILES string of the molecule is CC(C)(C)[C@H]1OC[C@@](C)(C(=O)N2CCNCC2)N1C(=O)O. The van der Waals surface area contributed by atoms with Gasteiger partial charge in [0.05, 0.1) is 6.61 Å². The summed E-state index contributed by atoms with van der Waals surface area (Å²) in [6.45, 7) is 10.2. The van der Waals surface area contributed by atoms with Crippen LogP contribution in [0, 0.1) is 5.41 Å². The smallest absolute Gasteiger partial charge is 0.410 e. The maximum Gasteiger partial charge on any atom is 0.410 e. The lowest BCUT2D eigenvalue weighted by molar-refractivity contribution is -0.142. The largest absolute Gasteiger partial charge is 0.465 e. The number of carbonyl (C=O) groups excluding carboxylic acids is 1. The Morgan fingerprint density at radius 3 is 2.33 bits per heavy atom. The van der Waals surface area contributed by atoms with E-state index in [4.69, 9.17) is 4.74 Å². The Morgan fingerprint density at radius 2 is 1.86 bits per heavy atom. The van der Waals surface area contributed by atoms with Crippen LogP contribution in [0.25, 0.3) is 0 Å². The molecule has 0 spiro atoms. The van der Waals surface area contributed by atoms with E-state index < -0.39 is 17.9 Å². The van der Waals surface area contributed by atoms with Crippen LogP contribution in [-0.4, -0.2) is 71.5 Å². The van der Waals surface area contributed by atoms with Crippen molar-refractivity contribution in [1.82, 2.24) is 15.1 Å². The summed E-state index contributed by atoms with van der Waals surface area (Å²) >= 11 is 0. The van der Waals surface area contributed by atoms with Crippen LogP contribution in [0.2, 0.25) is 0 Å². The van der Waals surface area contributed by atoms with Crippen molar-refractivity contribution in [3.63, 3.8) is 0 Å². The van der Waals surface area contributed by atoms with Crippen molar-refractivity contribution in [3.8, 4) is 0 Å². The first-order valence-electron chi connectivity index (χ1n) is 7.32. The van der Waals surface area contributed by atoms with Crippen LogP contribution in [0.5, 0.6) is 0 Å². The highest BCUT2D eigenvalue weighted by Crippen LogP contribution is 2.38. The standard InChI is InChI=1S/C14H25N3O4/c1-13(2,3)11-17(12(19)20)14(4,9-21-11)10(18)16-7-5-15-6-8-16/h11,15H,5-9H2,1-4H3,(H,19,20)/t11-,14+/m1/s1. The van der Waals surface area contributed by atoms with Crippen LogP contribution in [0.15, 0.2) is 0 Å². The van der Waals surface area contributed by atoms with Crippen molar-refractivity contribution in [2.24, 2.45) is 5.41 Å². The Balaban J connectivity index is 2.27. The first-order chi connectivity index (χ1) is 9.68. The van der Waals surface area contributed by atoms with E-state index in [0.29, 0.717) is 13.1 Å². The number of hydrogen-bond donors (Lipinski definition) is 2. The summed E-state index contributed by atoms with van der Waals surface area (Å²) in [5.74, 6) is -0.168. The number of amides is 2. The summed E-state index contributed by atoms with van der Waals surface area (Å²) in [7, 11) is 0. The molecule has 0 aromatic rings. The molecule has 2 saturated heterocycles. The fourth-order valence-electron chi connectivity index (χ4n) is 2.97. The van der Waals surface area contributed by atoms with Gasteiger partial charge in [0, 0.05) is 31.6 Å². The van der Waals surface area contributed by atoms with E-state index in [2.05, 4.69) is 5.32 Å². The Labute approximate surface area is 125 Å². The normalized spacial score (nSPS) is 30.6. The van der Waals surface area contributed by atoms with Crippen molar-refractivity contribution in [3.05, 3.63) is 0 Å². The molecule has 21 heavy (non-hydrogen) atoms. The molecule has 2 atom stereocenters. The topological polar surface area (TPSA) is 82.1 Å². The Hall–Kier alpha value is -1.34. The molecule has 2 aliphatic rings. The maximum absolute atomic E-state index is 12.8. The summed E-state index contributed by atoms with van der Waals surface area (Å²) in [4.78, 5) is 27.5. The molecule has 0 aromatic heterocycles. The zero-order valence-corrected chi connectivity index (χ0v) is 13.2. The van der Waals surface area contributed by atoms with Crippen LogP contribution >= 0.6 is 0 Å². The number of nitrogens with one attached hydrogen (secondary N) is 1. The second kappa shape index (κ2) is 5.46. The summed E-state index contributed by atoms with van der Waals surface area (Å²) in [6.07, 6.45) is -1.73. The third kappa shape index (κ3) is 2.85. The fourth-order valence-corrected chi connectivity index (χ4v) is 2.97. The molecule has 120 valence electrons. The van der Waals surface area contributed by atoms with Crippen LogP contribution < -0.4 is 5.32 Å². The van der Waals surface area contributed by atoms with Gasteiger partial charge in [-0.3, -0.25) is 9.69 Å². The lowest BCUT2D eigenvalue weighted by Crippen LogP contribution is -2.62. The number of piperazine rings is 1. The third-order valence-corrected chi connectivity index (χ3v) is 4.10. The molecule has 0 saturated carbocycles. The monoisotopic (exact) mass is 299 g/mol. The van der Waals surface area contributed by atoms with E-state index in [0.717, 1.165) is 13.1 Å². The fraction of sp³-hybridized carbons (Fsp3) is 0.857. The molecule has 0 unspecified atom stereocenters. The lowest BCUT2D eigenvalue weighted by Gasteiger charge is -2.40. The predicted octanol–water partition coefficient (Wildman–Crippen LogP) is 0.559. The van der Waals surface area contributed by atoms with E-state index in [1.165, 1.54) is 4.90 Å². The van der Waals surface area contributed by atoms with Gasteiger partial charge in [0.1, 0.15) is 11.8 Å². The van der Waals surface area contributed by atoms with Gasteiger partial charge >= 0.3 is 6.09 Å². The molecule has 0 aliphatic carbocycles. The van der Waals surface area contributed by atoms with Gasteiger partial charge in [-0.05, 0) is 6.92 Å². The molecule has 0 radical (unpaired) electrons. The molecule has 2 fully saturated rings. The zero-order valence-electron chi connectivity index (χ0n) is 13.2. The summed E-state index contributed by atoms with van der Waals surface area (Å²) in [5, 5.41) is 12.8. The van der Waals surface area contributed by atoms with Crippen molar-refractivity contribution in [2.45, 2.75) is 39.5 Å². The minimum atomic E-state index is -1.15. The number of hydrogen-bond acceptors (Lipinski definition) is 4. The number of ether oxygens (including phenoxy) is 1. The van der Waals surface area contributed by atoms with Crippen molar-refractivity contribution in [1.29, 1.82) is 0 Å². The molecule has 0 aromatic carbocycles. The van der Waals surface area contributed by atoms with Gasteiger partial charge in [0.2, 0.25) is 0 Å². The molecule has 7 nitrogen and oxygen atoms in total. The van der Waals surface area contributed by atoms with E-state index >= 15 is 0 Å². The Bertz CT molecular complexity index is 428. The van der Waals surface area contributed by atoms with E-state index in [1.807, 2.05) is 20.8 Å². The minimum Gasteiger partial charge on any atom is -0.465 e. The Kier molecular flexibility index (Phi) is 4.17. The number of nitrogens with zero attached hydrogens (tertiary/aromatic N) is 2. The molecule has 2 aliphatic heterocycles. The van der Waals surface area contributed by atoms with Crippen LogP contribution in [0.4, 0.5) is 4.79 Å². The van der Waals surface area contributed by atoms with E-state index in [1.54, 1.807) is 11.8 Å².